The Morgan fingerprint density at radius 1 is 0.564 bits per heavy atom. The van der Waals surface area contributed by atoms with Crippen molar-refractivity contribution in [2.45, 2.75) is 70.2 Å². The molecular weight excluding hydrogens is 736 g/mol. The smallest absolute Gasteiger partial charge is 0.333 e. The molecule has 3 aliphatic rings. The number of esters is 4. The molecule has 0 spiro atoms. The summed E-state index contributed by atoms with van der Waals surface area (Å²) in [5.74, 6) is -9.73. The first-order valence-corrected chi connectivity index (χ1v) is 16.4. The van der Waals surface area contributed by atoms with Crippen molar-refractivity contribution in [3.8, 4) is 0 Å². The van der Waals surface area contributed by atoms with Crippen molar-refractivity contribution in [2.24, 2.45) is 0 Å². The lowest BCUT2D eigenvalue weighted by molar-refractivity contribution is -0.302. The van der Waals surface area contributed by atoms with E-state index in [-0.39, 0.29) is 32.4 Å². The zero-order valence-electron chi connectivity index (χ0n) is 29.3. The molecule has 0 aliphatic carbocycles. The zero-order valence-corrected chi connectivity index (χ0v) is 29.3. The minimum atomic E-state index is -1.68. The van der Waals surface area contributed by atoms with Crippen LogP contribution in [0.1, 0.15) is 81.0 Å². The minimum Gasteiger partial charge on any atom is -0.463 e. The van der Waals surface area contributed by atoms with Crippen LogP contribution >= 0.6 is 0 Å². The highest BCUT2D eigenvalue weighted by molar-refractivity contribution is 6.21. The Kier molecular flexibility index (Phi) is 12.3. The number of imide groups is 2. The van der Waals surface area contributed by atoms with Gasteiger partial charge in [0.15, 0.2) is 24.6 Å². The fourth-order valence-corrected chi connectivity index (χ4v) is 5.65. The third kappa shape index (κ3) is 8.99. The van der Waals surface area contributed by atoms with E-state index in [4.69, 9.17) is 38.1 Å². The lowest BCUT2D eigenvalue weighted by atomic mass is 9.98. The predicted molar refractivity (Wildman–Crippen MR) is 172 cm³/mol. The number of carbonyl (C=O) groups excluding carboxylic acids is 10. The normalized spacial score (nSPS) is 21.3. The molecule has 4 amide bonds. The molecule has 2 aromatic carbocycles. The van der Waals surface area contributed by atoms with Crippen molar-refractivity contribution in [1.82, 2.24) is 10.1 Å². The molecule has 5 rings (SSSR count). The lowest BCUT2D eigenvalue weighted by Gasteiger charge is -2.43. The Hall–Kier alpha value is -6.54. The second kappa shape index (κ2) is 17.1. The van der Waals surface area contributed by atoms with Crippen LogP contribution in [0, 0.1) is 0 Å². The van der Waals surface area contributed by atoms with Crippen molar-refractivity contribution in [2.75, 3.05) is 13.7 Å². The molecule has 0 radical (unpaired) electrons. The first-order chi connectivity index (χ1) is 26.2. The zero-order chi connectivity index (χ0) is 40.0. The number of methoxy groups -OCH3 is 1. The van der Waals surface area contributed by atoms with Crippen LogP contribution in [-0.2, 0) is 66.9 Å². The molecule has 20 heteroatoms. The summed E-state index contributed by atoms with van der Waals surface area (Å²) in [5.41, 5.74) is 0.0823. The summed E-state index contributed by atoms with van der Waals surface area (Å²) in [5, 5.41) is 0.532. The Balaban J connectivity index is 1.21. The maximum atomic E-state index is 13.1. The Labute approximate surface area is 310 Å². The van der Waals surface area contributed by atoms with Gasteiger partial charge in [-0.1, -0.05) is 34.4 Å². The Bertz CT molecular complexity index is 1870. The summed E-state index contributed by atoms with van der Waals surface area (Å²) in [6.45, 7) is 1.31. The van der Waals surface area contributed by atoms with Crippen molar-refractivity contribution in [3.63, 3.8) is 0 Å². The fraction of sp³-hybridized carbons (Fsp3) is 0.371. The second-order valence-corrected chi connectivity index (χ2v) is 11.9. The van der Waals surface area contributed by atoms with E-state index < -0.39 is 122 Å². The molecule has 3 aliphatic heterocycles. The maximum absolute atomic E-state index is 13.1. The number of ether oxygens (including phenoxy) is 6. The molecule has 55 heavy (non-hydrogen) atoms. The van der Waals surface area contributed by atoms with E-state index in [1.54, 1.807) is 0 Å². The van der Waals surface area contributed by atoms with Gasteiger partial charge in [-0.3, -0.25) is 38.4 Å². The number of hydrogen-bond donors (Lipinski definition) is 0. The van der Waals surface area contributed by atoms with Gasteiger partial charge in [0.1, 0.15) is 12.7 Å². The van der Waals surface area contributed by atoms with Crippen LogP contribution in [0.5, 0.6) is 0 Å². The highest BCUT2D eigenvalue weighted by Gasteiger charge is 2.53. The maximum Gasteiger partial charge on any atom is 0.333 e. The van der Waals surface area contributed by atoms with Crippen LogP contribution in [0.25, 0.3) is 0 Å². The van der Waals surface area contributed by atoms with Crippen molar-refractivity contribution in [1.29, 1.82) is 0 Å². The largest absolute Gasteiger partial charge is 0.463 e. The molecule has 5 atom stereocenters. The number of nitrogens with zero attached hydrogens (tertiary/aromatic N) is 2. The Morgan fingerprint density at radius 2 is 0.964 bits per heavy atom. The van der Waals surface area contributed by atoms with Gasteiger partial charge in [0.05, 0.1) is 47.9 Å². The van der Waals surface area contributed by atoms with Gasteiger partial charge in [0.25, 0.3) is 23.6 Å². The molecule has 20 nitrogen and oxygen atoms in total. The molecule has 290 valence electrons. The van der Waals surface area contributed by atoms with Gasteiger partial charge in [-0.25, -0.2) is 9.59 Å². The lowest BCUT2D eigenvalue weighted by Crippen LogP contribution is -2.62. The highest BCUT2D eigenvalue weighted by Crippen LogP contribution is 2.30. The third-order valence-electron chi connectivity index (χ3n) is 8.07. The van der Waals surface area contributed by atoms with E-state index in [1.165, 1.54) is 48.5 Å². The topological polar surface area (TPSA) is 251 Å². The number of hydroxylamine groups is 4. The summed E-state index contributed by atoms with van der Waals surface area (Å²) < 4.78 is 32.4. The number of fused-ring (bicyclic) bond motifs is 2. The van der Waals surface area contributed by atoms with Crippen LogP contribution in [0.4, 0.5) is 0 Å². The molecule has 0 N–H and O–H groups in total. The molecular formula is C35H32N2O18. The summed E-state index contributed by atoms with van der Waals surface area (Å²) >= 11 is 0. The standard InChI is InChI=1S/C35H32N2O18/c1-17(38)50-29-28(53-25(41)13-15-27(43)55-37-33(46)21-10-6-7-11-22(21)34(37)47)23(52-35(48-3)30(29)51-18(2)39)16-49-24(40)12-14-26(42)54-36-31(44)19-8-4-5-9-20(19)32(36)45/h4-11,23,28-30,35H,12-16H2,1-3H3/t23-,28-,29+,30-,35+/m1/s1. The highest BCUT2D eigenvalue weighted by atomic mass is 16.7. The van der Waals surface area contributed by atoms with Gasteiger partial charge in [0, 0.05) is 21.0 Å². The molecule has 3 heterocycles. The SMILES string of the molecule is CO[C@H]1O[C@H](COC(=O)CCC(=O)ON2C(=O)c3ccccc3C2=O)[C@@H](OC(=O)CCC(=O)ON2C(=O)c3ccccc3C2=O)[C@H](OC(C)=O)[C@H]1OC(C)=O. The van der Waals surface area contributed by atoms with Gasteiger partial charge >= 0.3 is 35.8 Å². The van der Waals surface area contributed by atoms with E-state index in [2.05, 4.69) is 0 Å². The third-order valence-corrected chi connectivity index (χ3v) is 8.07. The molecule has 0 unspecified atom stereocenters. The van der Waals surface area contributed by atoms with Gasteiger partial charge in [0.2, 0.25) is 0 Å². The van der Waals surface area contributed by atoms with E-state index in [0.29, 0.717) is 0 Å². The average molecular weight is 769 g/mol. The predicted octanol–water partition coefficient (Wildman–Crippen LogP) is 0.745. The monoisotopic (exact) mass is 768 g/mol. The first kappa shape index (κ1) is 39.7. The summed E-state index contributed by atoms with van der Waals surface area (Å²) in [7, 11) is 1.15. The van der Waals surface area contributed by atoms with Crippen LogP contribution in [0.15, 0.2) is 48.5 Å². The Morgan fingerprint density at radius 3 is 1.38 bits per heavy atom. The summed E-state index contributed by atoms with van der Waals surface area (Å²) in [6, 6.07) is 11.6. The summed E-state index contributed by atoms with van der Waals surface area (Å²) in [4.78, 5) is 135. The molecule has 1 fully saturated rings. The van der Waals surface area contributed by atoms with E-state index in [9.17, 15) is 47.9 Å². The number of amides is 4. The number of carbonyl (C=O) groups is 10. The molecule has 0 saturated carbocycles. The summed E-state index contributed by atoms with van der Waals surface area (Å²) in [6.07, 6.45) is -10.4. The van der Waals surface area contributed by atoms with Crippen LogP contribution < -0.4 is 0 Å². The molecule has 0 bridgehead atoms. The molecule has 2 aromatic rings. The number of benzene rings is 2. The quantitative estimate of drug-likeness (QED) is 0.146. The van der Waals surface area contributed by atoms with E-state index in [0.717, 1.165) is 21.0 Å². The van der Waals surface area contributed by atoms with Crippen molar-refractivity contribution in [3.05, 3.63) is 70.8 Å². The first-order valence-electron chi connectivity index (χ1n) is 16.4. The average Bonchev–Trinajstić information content (AvgIpc) is 3.53. The van der Waals surface area contributed by atoms with E-state index >= 15 is 0 Å². The number of rotatable bonds is 14. The van der Waals surface area contributed by atoms with E-state index in [1.807, 2.05) is 0 Å². The van der Waals surface area contributed by atoms with Crippen LogP contribution in [0.2, 0.25) is 0 Å². The molecule has 1 saturated heterocycles. The molecule has 0 aromatic heterocycles. The van der Waals surface area contributed by atoms with Gasteiger partial charge in [-0.05, 0) is 24.3 Å². The van der Waals surface area contributed by atoms with Crippen LogP contribution in [-0.4, -0.2) is 114 Å². The van der Waals surface area contributed by atoms with Gasteiger partial charge in [-0.2, -0.15) is 0 Å². The fourth-order valence-electron chi connectivity index (χ4n) is 5.65. The van der Waals surface area contributed by atoms with Gasteiger partial charge < -0.3 is 38.1 Å². The minimum absolute atomic E-state index is 0.0123. The van der Waals surface area contributed by atoms with Crippen molar-refractivity contribution < 1.29 is 86.0 Å². The van der Waals surface area contributed by atoms with Crippen LogP contribution in [0.3, 0.4) is 0 Å². The second-order valence-electron chi connectivity index (χ2n) is 11.9. The van der Waals surface area contributed by atoms with Crippen molar-refractivity contribution >= 4 is 59.4 Å². The number of hydrogen-bond acceptors (Lipinski definition) is 18. The van der Waals surface area contributed by atoms with Gasteiger partial charge in [-0.15, -0.1) is 0 Å².